The number of rotatable bonds is 4. The number of piperidine rings is 1. The van der Waals surface area contributed by atoms with Crippen LogP contribution in [0.3, 0.4) is 0 Å². The first kappa shape index (κ1) is 23.7. The molecule has 1 aliphatic carbocycles. The molecule has 36 heavy (non-hydrogen) atoms. The Labute approximate surface area is 212 Å². The summed E-state index contributed by atoms with van der Waals surface area (Å²) in [5.74, 6) is 3.05. The third-order valence-corrected chi connectivity index (χ3v) is 8.39. The summed E-state index contributed by atoms with van der Waals surface area (Å²) >= 11 is 6.06. The fourth-order valence-corrected chi connectivity index (χ4v) is 6.65. The number of halogens is 4. The third-order valence-electron chi connectivity index (χ3n) is 8.21. The zero-order valence-corrected chi connectivity index (χ0v) is 20.6. The summed E-state index contributed by atoms with van der Waals surface area (Å²) in [6.07, 6.45) is 3.27. The van der Waals surface area contributed by atoms with Crippen LogP contribution >= 0.6 is 11.6 Å². The van der Waals surface area contributed by atoms with Crippen molar-refractivity contribution >= 4 is 17.3 Å². The fraction of sp³-hybridized carbons (Fsp3) is 0.538. The molecule has 6 nitrogen and oxygen atoms in total. The Hall–Kier alpha value is -2.68. The molecule has 10 heteroatoms. The Kier molecular flexibility index (Phi) is 6.14. The monoisotopic (exact) mass is 516 g/mol. The highest BCUT2D eigenvalue weighted by Crippen LogP contribution is 2.45. The van der Waals surface area contributed by atoms with Crippen molar-refractivity contribution in [2.75, 3.05) is 18.0 Å². The minimum absolute atomic E-state index is 0.168. The molecule has 1 saturated carbocycles. The number of aryl methyl sites for hydroxylation is 1. The molecule has 2 fully saturated rings. The average Bonchev–Trinajstić information content (AvgIpc) is 3.25. The van der Waals surface area contributed by atoms with Gasteiger partial charge in [0.1, 0.15) is 5.82 Å². The molecule has 2 aromatic heterocycles. The van der Waals surface area contributed by atoms with Crippen molar-refractivity contribution in [3.05, 3.63) is 64.5 Å². The second-order valence-corrected chi connectivity index (χ2v) is 10.8. The van der Waals surface area contributed by atoms with Gasteiger partial charge in [0, 0.05) is 38.0 Å². The SMILES string of the molecule is FC(F)(F)c1cccc(C2CCCCn3nc(CC4[C@@H]5CC[C@H]4CN(c4cnnc(Cl)c4)C5)nc32)c1. The Morgan fingerprint density at radius 1 is 1.03 bits per heavy atom. The minimum atomic E-state index is -4.36. The first-order valence-electron chi connectivity index (χ1n) is 12.7. The van der Waals surface area contributed by atoms with Crippen molar-refractivity contribution in [3.8, 4) is 0 Å². The molecular formula is C26H28ClF3N6. The lowest BCUT2D eigenvalue weighted by Gasteiger charge is -2.38. The third kappa shape index (κ3) is 4.58. The highest BCUT2D eigenvalue weighted by molar-refractivity contribution is 6.29. The lowest BCUT2D eigenvalue weighted by molar-refractivity contribution is -0.137. The minimum Gasteiger partial charge on any atom is -0.370 e. The van der Waals surface area contributed by atoms with Crippen molar-refractivity contribution in [3.63, 3.8) is 0 Å². The predicted octanol–water partition coefficient (Wildman–Crippen LogP) is 5.76. The number of alkyl halides is 3. The molecular weight excluding hydrogens is 489 g/mol. The van der Waals surface area contributed by atoms with Gasteiger partial charge in [0.15, 0.2) is 11.0 Å². The highest BCUT2D eigenvalue weighted by atomic mass is 35.5. The number of benzene rings is 1. The second-order valence-electron chi connectivity index (χ2n) is 10.4. The highest BCUT2D eigenvalue weighted by Gasteiger charge is 2.43. The molecule has 4 atom stereocenters. The van der Waals surface area contributed by atoms with E-state index >= 15 is 0 Å². The molecule has 0 spiro atoms. The molecule has 190 valence electrons. The molecule has 3 aliphatic rings. The zero-order chi connectivity index (χ0) is 24.9. The molecule has 2 unspecified atom stereocenters. The van der Waals surface area contributed by atoms with Crippen LogP contribution in [0.1, 0.15) is 60.8 Å². The molecule has 3 aromatic rings. The van der Waals surface area contributed by atoms with Crippen molar-refractivity contribution in [2.24, 2.45) is 17.8 Å². The van der Waals surface area contributed by atoms with Crippen LogP contribution in [0.2, 0.25) is 5.15 Å². The predicted molar refractivity (Wildman–Crippen MR) is 130 cm³/mol. The number of hydrogen-bond acceptors (Lipinski definition) is 5. The number of hydrogen-bond donors (Lipinski definition) is 0. The standard InChI is InChI=1S/C26H28ClF3N6/c27-23-11-20(13-31-33-23)35-14-17-7-8-18(15-35)22(17)12-24-32-25-21(6-1-2-9-36(25)34-24)16-4-3-5-19(10-16)26(28,29)30/h3-5,10-11,13,17-18,21-22H,1-2,6-9,12,14-15H2/t17-,18+,21?,22?. The van der Waals surface area contributed by atoms with Gasteiger partial charge in [-0.2, -0.15) is 23.4 Å². The van der Waals surface area contributed by atoms with Gasteiger partial charge >= 0.3 is 6.18 Å². The topological polar surface area (TPSA) is 59.7 Å². The van der Waals surface area contributed by atoms with Gasteiger partial charge in [0.2, 0.25) is 0 Å². The molecule has 1 saturated heterocycles. The molecule has 2 aliphatic heterocycles. The zero-order valence-electron chi connectivity index (χ0n) is 19.8. The van der Waals surface area contributed by atoms with Crippen molar-refractivity contribution in [1.29, 1.82) is 0 Å². The van der Waals surface area contributed by atoms with Gasteiger partial charge in [-0.25, -0.2) is 9.67 Å². The van der Waals surface area contributed by atoms with E-state index in [1.165, 1.54) is 25.0 Å². The smallest absolute Gasteiger partial charge is 0.370 e. The Morgan fingerprint density at radius 2 is 1.83 bits per heavy atom. The van der Waals surface area contributed by atoms with Crippen molar-refractivity contribution in [1.82, 2.24) is 25.0 Å². The summed E-state index contributed by atoms with van der Waals surface area (Å²) in [5, 5.41) is 13.1. The first-order chi connectivity index (χ1) is 17.3. The van der Waals surface area contributed by atoms with E-state index in [0.29, 0.717) is 28.5 Å². The van der Waals surface area contributed by atoms with Gasteiger partial charge in [-0.15, -0.1) is 5.10 Å². The average molecular weight is 517 g/mol. The van der Waals surface area contributed by atoms with Crippen LogP contribution in [0.25, 0.3) is 0 Å². The molecule has 0 N–H and O–H groups in total. The van der Waals surface area contributed by atoms with Gasteiger partial charge in [-0.05, 0) is 55.1 Å². The van der Waals surface area contributed by atoms with Crippen LogP contribution in [-0.4, -0.2) is 38.1 Å². The van der Waals surface area contributed by atoms with Crippen LogP contribution < -0.4 is 4.90 Å². The van der Waals surface area contributed by atoms with E-state index in [2.05, 4.69) is 15.1 Å². The van der Waals surface area contributed by atoms with Gasteiger partial charge in [0.05, 0.1) is 17.4 Å². The maximum atomic E-state index is 13.4. The Bertz CT molecular complexity index is 1230. The lowest BCUT2D eigenvalue weighted by atomic mass is 9.82. The van der Waals surface area contributed by atoms with Crippen molar-refractivity contribution < 1.29 is 13.2 Å². The Balaban J connectivity index is 1.22. The van der Waals surface area contributed by atoms with Gasteiger partial charge in [0.25, 0.3) is 0 Å². The summed E-state index contributed by atoms with van der Waals surface area (Å²) in [6.45, 7) is 2.66. The summed E-state index contributed by atoms with van der Waals surface area (Å²) in [6, 6.07) is 7.58. The second kappa shape index (κ2) is 9.32. The largest absolute Gasteiger partial charge is 0.416 e. The number of anilines is 1. The maximum absolute atomic E-state index is 13.4. The van der Waals surface area contributed by atoms with Gasteiger partial charge in [-0.1, -0.05) is 36.2 Å². The van der Waals surface area contributed by atoms with Crippen LogP contribution in [0.4, 0.5) is 18.9 Å². The van der Waals surface area contributed by atoms with Gasteiger partial charge in [-0.3, -0.25) is 0 Å². The molecule has 2 bridgehead atoms. The Morgan fingerprint density at radius 3 is 2.58 bits per heavy atom. The van der Waals surface area contributed by atoms with E-state index in [1.807, 2.05) is 10.7 Å². The lowest BCUT2D eigenvalue weighted by Crippen LogP contribution is -2.42. The molecule has 4 heterocycles. The van der Waals surface area contributed by atoms with E-state index in [-0.39, 0.29) is 5.92 Å². The summed E-state index contributed by atoms with van der Waals surface area (Å²) in [7, 11) is 0. The quantitative estimate of drug-likeness (QED) is 0.441. The number of aromatic nitrogens is 5. The maximum Gasteiger partial charge on any atom is 0.416 e. The van der Waals surface area contributed by atoms with E-state index in [4.69, 9.17) is 21.7 Å². The summed E-state index contributed by atoms with van der Waals surface area (Å²) < 4.78 is 42.0. The van der Waals surface area contributed by atoms with Gasteiger partial charge < -0.3 is 4.90 Å². The molecule has 0 amide bonds. The van der Waals surface area contributed by atoms with Crippen LogP contribution in [-0.2, 0) is 19.1 Å². The van der Waals surface area contributed by atoms with E-state index in [1.54, 1.807) is 12.3 Å². The molecule has 0 radical (unpaired) electrons. The van der Waals surface area contributed by atoms with Crippen LogP contribution in [0.5, 0.6) is 0 Å². The van der Waals surface area contributed by atoms with E-state index in [0.717, 1.165) is 68.7 Å². The fourth-order valence-electron chi connectivity index (χ4n) is 6.49. The summed E-state index contributed by atoms with van der Waals surface area (Å²) in [5.41, 5.74) is 1.08. The molecule has 6 rings (SSSR count). The van der Waals surface area contributed by atoms with Crippen LogP contribution in [0, 0.1) is 17.8 Å². The van der Waals surface area contributed by atoms with E-state index < -0.39 is 11.7 Å². The first-order valence-corrected chi connectivity index (χ1v) is 13.1. The molecule has 1 aromatic carbocycles. The van der Waals surface area contributed by atoms with Crippen molar-refractivity contribution in [2.45, 2.75) is 57.2 Å². The van der Waals surface area contributed by atoms with Crippen LogP contribution in [0.15, 0.2) is 36.5 Å². The normalized spacial score (nSPS) is 26.1. The summed E-state index contributed by atoms with van der Waals surface area (Å²) in [4.78, 5) is 7.32. The number of fused-ring (bicyclic) bond motifs is 3. The number of nitrogens with zero attached hydrogens (tertiary/aromatic N) is 6. The van der Waals surface area contributed by atoms with E-state index in [9.17, 15) is 13.2 Å².